The molecular weight excluding hydrogens is 222 g/mol. The standard InChI is InChI=1S/C12H11NO2S/c14-10(15)6-12(4-5-12)8-2-1-3-9-11(8)16-7-13-9/h1-3,7H,4-6H2,(H,14,15). The molecule has 1 heterocycles. The van der Waals surface area contributed by atoms with Crippen LogP contribution in [-0.4, -0.2) is 16.1 Å². The van der Waals surface area contributed by atoms with Crippen molar-refractivity contribution in [3.05, 3.63) is 29.3 Å². The highest BCUT2D eigenvalue weighted by Gasteiger charge is 2.47. The van der Waals surface area contributed by atoms with Crippen LogP contribution < -0.4 is 0 Å². The Morgan fingerprint density at radius 1 is 1.50 bits per heavy atom. The second kappa shape index (κ2) is 3.28. The third-order valence-electron chi connectivity index (χ3n) is 3.27. The molecule has 1 aromatic heterocycles. The molecule has 0 spiro atoms. The van der Waals surface area contributed by atoms with Crippen molar-refractivity contribution in [3.63, 3.8) is 0 Å². The number of hydrogen-bond donors (Lipinski definition) is 1. The number of nitrogens with zero attached hydrogens (tertiary/aromatic N) is 1. The first-order chi connectivity index (χ1) is 7.71. The van der Waals surface area contributed by atoms with Gasteiger partial charge in [-0.2, -0.15) is 0 Å². The quantitative estimate of drug-likeness (QED) is 0.886. The van der Waals surface area contributed by atoms with Gasteiger partial charge in [0.1, 0.15) is 0 Å². The van der Waals surface area contributed by atoms with E-state index in [0.29, 0.717) is 0 Å². The zero-order valence-corrected chi connectivity index (χ0v) is 9.46. The van der Waals surface area contributed by atoms with Crippen molar-refractivity contribution in [1.29, 1.82) is 0 Å². The Kier molecular flexibility index (Phi) is 2.01. The lowest BCUT2D eigenvalue weighted by Crippen LogP contribution is -2.12. The highest BCUT2D eigenvalue weighted by Crippen LogP contribution is 2.53. The van der Waals surface area contributed by atoms with E-state index in [0.717, 1.165) is 23.1 Å². The summed E-state index contributed by atoms with van der Waals surface area (Å²) in [6, 6.07) is 6.00. The molecule has 0 amide bonds. The van der Waals surface area contributed by atoms with E-state index in [9.17, 15) is 4.79 Å². The summed E-state index contributed by atoms with van der Waals surface area (Å²) in [5.41, 5.74) is 3.87. The van der Waals surface area contributed by atoms with Gasteiger partial charge in [-0.25, -0.2) is 4.98 Å². The molecule has 4 heteroatoms. The maximum Gasteiger partial charge on any atom is 0.304 e. The van der Waals surface area contributed by atoms with Gasteiger partial charge in [0.25, 0.3) is 0 Å². The van der Waals surface area contributed by atoms with Crippen LogP contribution in [0.5, 0.6) is 0 Å². The van der Waals surface area contributed by atoms with Gasteiger partial charge >= 0.3 is 5.97 Å². The van der Waals surface area contributed by atoms with Crippen LogP contribution >= 0.6 is 11.3 Å². The highest BCUT2D eigenvalue weighted by atomic mass is 32.1. The molecule has 0 atom stereocenters. The van der Waals surface area contributed by atoms with Crippen molar-refractivity contribution in [2.75, 3.05) is 0 Å². The minimum atomic E-state index is -0.709. The maximum atomic E-state index is 10.9. The normalized spacial score (nSPS) is 17.5. The summed E-state index contributed by atoms with van der Waals surface area (Å²) in [4.78, 5) is 15.2. The molecule has 16 heavy (non-hydrogen) atoms. The Balaban J connectivity index is 2.12. The zero-order valence-electron chi connectivity index (χ0n) is 8.64. The van der Waals surface area contributed by atoms with E-state index in [4.69, 9.17) is 5.11 Å². The lowest BCUT2D eigenvalue weighted by Gasteiger charge is -2.13. The molecule has 0 unspecified atom stereocenters. The van der Waals surface area contributed by atoms with Crippen molar-refractivity contribution in [3.8, 4) is 0 Å². The number of thiazole rings is 1. The number of hydrogen-bond acceptors (Lipinski definition) is 3. The summed E-state index contributed by atoms with van der Waals surface area (Å²) >= 11 is 1.60. The molecule has 1 N–H and O–H groups in total. The van der Waals surface area contributed by atoms with Crippen LogP contribution in [-0.2, 0) is 10.2 Å². The van der Waals surface area contributed by atoms with Crippen molar-refractivity contribution in [2.45, 2.75) is 24.7 Å². The van der Waals surface area contributed by atoms with E-state index in [-0.39, 0.29) is 11.8 Å². The van der Waals surface area contributed by atoms with Crippen molar-refractivity contribution < 1.29 is 9.90 Å². The Hall–Kier alpha value is -1.42. The predicted octanol–water partition coefficient (Wildman–Crippen LogP) is 2.80. The Morgan fingerprint density at radius 3 is 3.00 bits per heavy atom. The molecule has 82 valence electrons. The monoisotopic (exact) mass is 233 g/mol. The lowest BCUT2D eigenvalue weighted by atomic mass is 9.92. The van der Waals surface area contributed by atoms with Gasteiger partial charge < -0.3 is 5.11 Å². The van der Waals surface area contributed by atoms with Crippen LogP contribution in [0.2, 0.25) is 0 Å². The summed E-state index contributed by atoms with van der Waals surface area (Å²) in [5, 5.41) is 8.96. The average molecular weight is 233 g/mol. The van der Waals surface area contributed by atoms with Crippen molar-refractivity contribution >= 4 is 27.5 Å². The first-order valence-electron chi connectivity index (χ1n) is 5.26. The number of fused-ring (bicyclic) bond motifs is 1. The van der Waals surface area contributed by atoms with Gasteiger partial charge in [0.05, 0.1) is 22.1 Å². The number of rotatable bonds is 3. The summed E-state index contributed by atoms with van der Waals surface area (Å²) in [7, 11) is 0. The molecule has 0 radical (unpaired) electrons. The van der Waals surface area contributed by atoms with Crippen LogP contribution in [0.4, 0.5) is 0 Å². The molecule has 1 aliphatic carbocycles. The molecule has 3 rings (SSSR count). The van der Waals surface area contributed by atoms with Gasteiger partial charge in [-0.3, -0.25) is 4.79 Å². The van der Waals surface area contributed by atoms with E-state index in [1.54, 1.807) is 11.3 Å². The zero-order chi connectivity index (χ0) is 11.2. The summed E-state index contributed by atoms with van der Waals surface area (Å²) in [6.45, 7) is 0. The average Bonchev–Trinajstić information content (AvgIpc) is 2.85. The third-order valence-corrected chi connectivity index (χ3v) is 4.15. The summed E-state index contributed by atoms with van der Waals surface area (Å²) in [6.07, 6.45) is 2.20. The van der Waals surface area contributed by atoms with Gasteiger partial charge in [-0.1, -0.05) is 12.1 Å². The van der Waals surface area contributed by atoms with E-state index in [1.807, 2.05) is 17.6 Å². The maximum absolute atomic E-state index is 10.9. The molecule has 0 aliphatic heterocycles. The first kappa shape index (κ1) is 9.78. The number of aliphatic carboxylic acids is 1. The first-order valence-corrected chi connectivity index (χ1v) is 6.14. The lowest BCUT2D eigenvalue weighted by molar-refractivity contribution is -0.137. The van der Waals surface area contributed by atoms with Gasteiger partial charge in [-0.15, -0.1) is 11.3 Å². The molecule has 1 aromatic carbocycles. The topological polar surface area (TPSA) is 50.2 Å². The molecule has 0 saturated heterocycles. The molecule has 1 aliphatic rings. The fourth-order valence-electron chi connectivity index (χ4n) is 2.29. The molecular formula is C12H11NO2S. The fraction of sp³-hybridized carbons (Fsp3) is 0.333. The Labute approximate surface area is 96.7 Å². The largest absolute Gasteiger partial charge is 0.481 e. The summed E-state index contributed by atoms with van der Waals surface area (Å²) < 4.78 is 1.15. The molecule has 0 bridgehead atoms. The molecule has 1 fully saturated rings. The predicted molar refractivity (Wildman–Crippen MR) is 62.8 cm³/mol. The van der Waals surface area contributed by atoms with E-state index in [2.05, 4.69) is 11.1 Å². The van der Waals surface area contributed by atoms with Gasteiger partial charge in [0.2, 0.25) is 0 Å². The van der Waals surface area contributed by atoms with E-state index in [1.165, 1.54) is 5.56 Å². The van der Waals surface area contributed by atoms with Crippen molar-refractivity contribution in [2.24, 2.45) is 0 Å². The van der Waals surface area contributed by atoms with Crippen LogP contribution in [0.15, 0.2) is 23.7 Å². The van der Waals surface area contributed by atoms with E-state index < -0.39 is 5.97 Å². The molecule has 1 saturated carbocycles. The highest BCUT2D eigenvalue weighted by molar-refractivity contribution is 7.17. The van der Waals surface area contributed by atoms with Crippen LogP contribution in [0.25, 0.3) is 10.2 Å². The number of benzene rings is 1. The van der Waals surface area contributed by atoms with Crippen LogP contribution in [0.3, 0.4) is 0 Å². The Bertz CT molecular complexity index is 557. The van der Waals surface area contributed by atoms with E-state index >= 15 is 0 Å². The SMILES string of the molecule is O=C(O)CC1(c2cccc3ncsc23)CC1. The Morgan fingerprint density at radius 2 is 2.31 bits per heavy atom. The second-order valence-corrected chi connectivity index (χ2v) is 5.21. The van der Waals surface area contributed by atoms with Gasteiger partial charge in [-0.05, 0) is 24.5 Å². The number of aromatic nitrogens is 1. The number of carboxylic acids is 1. The minimum absolute atomic E-state index is 0.113. The number of carboxylic acid groups (broad SMARTS) is 1. The third kappa shape index (κ3) is 1.41. The molecule has 3 nitrogen and oxygen atoms in total. The fourth-order valence-corrected chi connectivity index (χ4v) is 3.21. The summed E-state index contributed by atoms with van der Waals surface area (Å²) in [5.74, 6) is -0.709. The minimum Gasteiger partial charge on any atom is -0.481 e. The van der Waals surface area contributed by atoms with Crippen molar-refractivity contribution in [1.82, 2.24) is 4.98 Å². The van der Waals surface area contributed by atoms with Gasteiger partial charge in [0.15, 0.2) is 0 Å². The smallest absolute Gasteiger partial charge is 0.304 e. The molecule has 2 aromatic rings. The van der Waals surface area contributed by atoms with Crippen LogP contribution in [0.1, 0.15) is 24.8 Å². The second-order valence-electron chi connectivity index (χ2n) is 4.36. The number of carbonyl (C=O) groups is 1. The van der Waals surface area contributed by atoms with Crippen LogP contribution in [0, 0.1) is 0 Å². The van der Waals surface area contributed by atoms with Gasteiger partial charge in [0, 0.05) is 5.41 Å².